The molecule has 0 atom stereocenters. The molecule has 0 saturated carbocycles. The molecule has 1 amide bonds. The van der Waals surface area contributed by atoms with E-state index >= 15 is 0 Å². The maximum atomic E-state index is 13.7. The molecule has 0 radical (unpaired) electrons. The highest BCUT2D eigenvalue weighted by Gasteiger charge is 2.08. The molecule has 116 valence electrons. The number of hydrogen-bond donors (Lipinski definition) is 1. The molecule has 0 spiro atoms. The van der Waals surface area contributed by atoms with Gasteiger partial charge in [0.15, 0.2) is 0 Å². The first kappa shape index (κ1) is 16.2. The number of benzene rings is 2. The number of carbonyl (C=O) groups excluding carboxylic acids is 1. The van der Waals surface area contributed by atoms with Crippen LogP contribution >= 0.6 is 0 Å². The van der Waals surface area contributed by atoms with Crippen LogP contribution in [0.25, 0.3) is 0 Å². The van der Waals surface area contributed by atoms with E-state index in [1.165, 1.54) is 11.6 Å². The molecule has 0 heterocycles. The van der Waals surface area contributed by atoms with Crippen molar-refractivity contribution in [1.82, 2.24) is 0 Å². The third-order valence-corrected chi connectivity index (χ3v) is 3.43. The van der Waals surface area contributed by atoms with Crippen molar-refractivity contribution in [1.29, 1.82) is 0 Å². The third-order valence-electron chi connectivity index (χ3n) is 3.43. The molecule has 0 aliphatic heterocycles. The molecule has 1 N–H and O–H groups in total. The summed E-state index contributed by atoms with van der Waals surface area (Å²) in [6.07, 6.45) is 1.27. The number of anilines is 1. The van der Waals surface area contributed by atoms with Crippen LogP contribution in [0.2, 0.25) is 0 Å². The summed E-state index contributed by atoms with van der Waals surface area (Å²) >= 11 is 0. The van der Waals surface area contributed by atoms with Gasteiger partial charge in [0.25, 0.3) is 0 Å². The van der Waals surface area contributed by atoms with Gasteiger partial charge in [-0.2, -0.15) is 0 Å². The molecule has 0 bridgehead atoms. The van der Waals surface area contributed by atoms with E-state index < -0.39 is 5.82 Å². The van der Waals surface area contributed by atoms with Crippen LogP contribution in [-0.2, 0) is 17.6 Å². The van der Waals surface area contributed by atoms with E-state index in [2.05, 4.69) is 31.3 Å². The van der Waals surface area contributed by atoms with Gasteiger partial charge in [-0.05, 0) is 48.1 Å². The summed E-state index contributed by atoms with van der Waals surface area (Å²) in [5.41, 5.74) is 3.25. The Morgan fingerprint density at radius 1 is 1.09 bits per heavy atom. The van der Waals surface area contributed by atoms with Crippen LogP contribution in [-0.4, -0.2) is 5.91 Å². The van der Waals surface area contributed by atoms with Crippen LogP contribution < -0.4 is 5.32 Å². The second-order valence-corrected chi connectivity index (χ2v) is 6.12. The van der Waals surface area contributed by atoms with E-state index in [-0.39, 0.29) is 18.0 Å². The average Bonchev–Trinajstić information content (AvgIpc) is 2.43. The summed E-state index contributed by atoms with van der Waals surface area (Å²) < 4.78 is 13.7. The van der Waals surface area contributed by atoms with E-state index in [4.69, 9.17) is 0 Å². The highest BCUT2D eigenvalue weighted by atomic mass is 19.1. The lowest BCUT2D eigenvalue weighted by Gasteiger charge is -2.08. The van der Waals surface area contributed by atoms with Gasteiger partial charge in [0, 0.05) is 0 Å². The van der Waals surface area contributed by atoms with E-state index in [1.54, 1.807) is 12.1 Å². The molecule has 0 aliphatic carbocycles. The molecule has 0 unspecified atom stereocenters. The van der Waals surface area contributed by atoms with Crippen molar-refractivity contribution in [3.63, 3.8) is 0 Å². The molecular weight excluding hydrogens is 277 g/mol. The normalized spacial score (nSPS) is 10.8. The Morgan fingerprint density at radius 3 is 2.32 bits per heavy atom. The first-order valence-corrected chi connectivity index (χ1v) is 7.58. The van der Waals surface area contributed by atoms with Crippen molar-refractivity contribution in [3.8, 4) is 0 Å². The van der Waals surface area contributed by atoms with Crippen molar-refractivity contribution in [2.75, 3.05) is 5.32 Å². The molecule has 0 aromatic heterocycles. The van der Waals surface area contributed by atoms with Crippen LogP contribution in [0.3, 0.4) is 0 Å². The Balaban J connectivity index is 1.97. The predicted molar refractivity (Wildman–Crippen MR) is 88.5 cm³/mol. The minimum atomic E-state index is -0.402. The van der Waals surface area contributed by atoms with Crippen LogP contribution in [0, 0.1) is 18.7 Å². The fourth-order valence-corrected chi connectivity index (χ4v) is 2.37. The smallest absolute Gasteiger partial charge is 0.228 e. The molecule has 2 aromatic carbocycles. The minimum Gasteiger partial charge on any atom is -0.323 e. The first-order valence-electron chi connectivity index (χ1n) is 7.58. The number of hydrogen-bond acceptors (Lipinski definition) is 1. The Hall–Kier alpha value is -2.16. The maximum Gasteiger partial charge on any atom is 0.228 e. The fourth-order valence-electron chi connectivity index (χ4n) is 2.37. The standard InChI is InChI=1S/C19H22FNO/c1-13(2)10-15-5-7-16(8-6-15)12-19(22)21-18-9-4-14(3)11-17(18)20/h4-9,11,13H,10,12H2,1-3H3,(H,21,22). The molecule has 0 saturated heterocycles. The SMILES string of the molecule is Cc1ccc(NC(=O)Cc2ccc(CC(C)C)cc2)c(F)c1. The van der Waals surface area contributed by atoms with Gasteiger partial charge in [0.05, 0.1) is 12.1 Å². The van der Waals surface area contributed by atoms with Crippen molar-refractivity contribution < 1.29 is 9.18 Å². The highest BCUT2D eigenvalue weighted by Crippen LogP contribution is 2.16. The van der Waals surface area contributed by atoms with Crippen molar-refractivity contribution in [2.24, 2.45) is 5.92 Å². The number of aryl methyl sites for hydroxylation is 1. The summed E-state index contributed by atoms with van der Waals surface area (Å²) in [5, 5.41) is 2.62. The molecule has 0 fully saturated rings. The van der Waals surface area contributed by atoms with Crippen LogP contribution in [0.5, 0.6) is 0 Å². The monoisotopic (exact) mass is 299 g/mol. The zero-order chi connectivity index (χ0) is 16.1. The average molecular weight is 299 g/mol. The molecule has 2 nitrogen and oxygen atoms in total. The minimum absolute atomic E-state index is 0.209. The Kier molecular flexibility index (Phi) is 5.31. The summed E-state index contributed by atoms with van der Waals surface area (Å²) in [5.74, 6) is -0.00125. The molecular formula is C19H22FNO. The number of nitrogens with one attached hydrogen (secondary N) is 1. The number of halogens is 1. The molecule has 0 aliphatic rings. The van der Waals surface area contributed by atoms with E-state index in [9.17, 15) is 9.18 Å². The largest absolute Gasteiger partial charge is 0.323 e. The summed E-state index contributed by atoms with van der Waals surface area (Å²) in [6.45, 7) is 6.17. The van der Waals surface area contributed by atoms with E-state index in [0.717, 1.165) is 17.5 Å². The summed E-state index contributed by atoms with van der Waals surface area (Å²) in [6, 6.07) is 12.8. The Labute approximate surface area is 131 Å². The Bertz CT molecular complexity index is 647. The second-order valence-electron chi connectivity index (χ2n) is 6.12. The lowest BCUT2D eigenvalue weighted by Crippen LogP contribution is -2.15. The zero-order valence-corrected chi connectivity index (χ0v) is 13.3. The van der Waals surface area contributed by atoms with Crippen LogP contribution in [0.4, 0.5) is 10.1 Å². The van der Waals surface area contributed by atoms with Crippen molar-refractivity contribution >= 4 is 11.6 Å². The van der Waals surface area contributed by atoms with Crippen molar-refractivity contribution in [3.05, 3.63) is 65.0 Å². The Morgan fingerprint density at radius 2 is 1.73 bits per heavy atom. The van der Waals surface area contributed by atoms with Gasteiger partial charge in [-0.25, -0.2) is 4.39 Å². The number of amides is 1. The highest BCUT2D eigenvalue weighted by molar-refractivity contribution is 5.92. The quantitative estimate of drug-likeness (QED) is 0.864. The fraction of sp³-hybridized carbons (Fsp3) is 0.316. The van der Waals surface area contributed by atoms with Crippen LogP contribution in [0.15, 0.2) is 42.5 Å². The molecule has 22 heavy (non-hydrogen) atoms. The predicted octanol–water partition coefficient (Wildman–Crippen LogP) is 4.51. The first-order chi connectivity index (χ1) is 10.4. The lowest BCUT2D eigenvalue weighted by molar-refractivity contribution is -0.115. The summed E-state index contributed by atoms with van der Waals surface area (Å²) in [7, 11) is 0. The van der Waals surface area contributed by atoms with E-state index in [1.807, 2.05) is 19.1 Å². The van der Waals surface area contributed by atoms with Gasteiger partial charge in [-0.15, -0.1) is 0 Å². The maximum absolute atomic E-state index is 13.7. The molecule has 2 rings (SSSR count). The van der Waals surface area contributed by atoms with Gasteiger partial charge >= 0.3 is 0 Å². The molecule has 3 heteroatoms. The van der Waals surface area contributed by atoms with Crippen molar-refractivity contribution in [2.45, 2.75) is 33.6 Å². The second kappa shape index (κ2) is 7.21. The van der Waals surface area contributed by atoms with Gasteiger partial charge in [-0.3, -0.25) is 4.79 Å². The third kappa shape index (κ3) is 4.69. The van der Waals surface area contributed by atoms with Gasteiger partial charge < -0.3 is 5.32 Å². The van der Waals surface area contributed by atoms with E-state index in [0.29, 0.717) is 5.92 Å². The number of rotatable bonds is 5. The topological polar surface area (TPSA) is 29.1 Å². The van der Waals surface area contributed by atoms with Crippen LogP contribution in [0.1, 0.15) is 30.5 Å². The zero-order valence-electron chi connectivity index (χ0n) is 13.3. The number of carbonyl (C=O) groups is 1. The van der Waals surface area contributed by atoms with Gasteiger partial charge in [0.2, 0.25) is 5.91 Å². The van der Waals surface area contributed by atoms with Gasteiger partial charge in [0.1, 0.15) is 5.82 Å². The summed E-state index contributed by atoms with van der Waals surface area (Å²) in [4.78, 5) is 12.0. The lowest BCUT2D eigenvalue weighted by atomic mass is 10.0. The van der Waals surface area contributed by atoms with Gasteiger partial charge in [-0.1, -0.05) is 44.2 Å². The molecule has 2 aromatic rings.